The summed E-state index contributed by atoms with van der Waals surface area (Å²) in [5.74, 6) is -1.44. The van der Waals surface area contributed by atoms with E-state index in [1.54, 1.807) is 19.2 Å². The Morgan fingerprint density at radius 2 is 1.77 bits per heavy atom. The van der Waals surface area contributed by atoms with Crippen molar-refractivity contribution < 1.29 is 22.5 Å². The lowest BCUT2D eigenvalue weighted by atomic mass is 10.1. The first kappa shape index (κ1) is 17.6. The van der Waals surface area contributed by atoms with E-state index in [1.165, 1.54) is 29.2 Å². The number of rotatable bonds is 3. The summed E-state index contributed by atoms with van der Waals surface area (Å²) in [5, 5.41) is 3.31. The van der Waals surface area contributed by atoms with Gasteiger partial charge in [-0.2, -0.15) is 18.2 Å². The van der Waals surface area contributed by atoms with Crippen molar-refractivity contribution in [3.8, 4) is 11.4 Å². The Morgan fingerprint density at radius 3 is 2.35 bits per heavy atom. The lowest BCUT2D eigenvalue weighted by Crippen LogP contribution is -2.27. The van der Waals surface area contributed by atoms with Crippen molar-refractivity contribution in [2.45, 2.75) is 13.1 Å². The molecule has 1 aromatic carbocycles. The second-order valence-electron chi connectivity index (χ2n) is 5.50. The molecular formula is C17H13F3N4O2. The summed E-state index contributed by atoms with van der Waals surface area (Å²) in [6, 6.07) is 11.2. The third-order valence-corrected chi connectivity index (χ3v) is 3.58. The summed E-state index contributed by atoms with van der Waals surface area (Å²) in [7, 11) is 1.59. The largest absolute Gasteiger partial charge is 0.471 e. The molecule has 0 aliphatic heterocycles. The van der Waals surface area contributed by atoms with Crippen LogP contribution in [0.15, 0.2) is 47.0 Å². The van der Waals surface area contributed by atoms with Crippen LogP contribution in [0.5, 0.6) is 0 Å². The van der Waals surface area contributed by atoms with Crippen molar-refractivity contribution in [2.24, 2.45) is 0 Å². The van der Waals surface area contributed by atoms with Crippen molar-refractivity contribution in [2.75, 3.05) is 11.9 Å². The molecule has 134 valence electrons. The predicted molar refractivity (Wildman–Crippen MR) is 86.4 cm³/mol. The molecule has 0 aliphatic rings. The highest BCUT2D eigenvalue weighted by Crippen LogP contribution is 2.29. The van der Waals surface area contributed by atoms with Crippen LogP contribution in [-0.4, -0.2) is 28.1 Å². The number of aryl methyl sites for hydroxylation is 1. The van der Waals surface area contributed by atoms with Gasteiger partial charge in [0.1, 0.15) is 5.82 Å². The van der Waals surface area contributed by atoms with Crippen LogP contribution in [-0.2, 0) is 6.18 Å². The number of hydrogen-bond acceptors (Lipinski definition) is 5. The van der Waals surface area contributed by atoms with Gasteiger partial charge in [0, 0.05) is 23.9 Å². The Labute approximate surface area is 146 Å². The average molecular weight is 362 g/mol. The van der Waals surface area contributed by atoms with E-state index in [4.69, 9.17) is 0 Å². The zero-order chi connectivity index (χ0) is 18.9. The molecule has 2 aromatic heterocycles. The highest BCUT2D eigenvalue weighted by Gasteiger charge is 2.38. The van der Waals surface area contributed by atoms with Crippen LogP contribution in [0.1, 0.15) is 21.9 Å². The normalized spacial score (nSPS) is 11.4. The number of anilines is 1. The number of amides is 1. The first-order chi connectivity index (χ1) is 12.3. The summed E-state index contributed by atoms with van der Waals surface area (Å²) < 4.78 is 41.7. The third kappa shape index (κ3) is 3.56. The highest BCUT2D eigenvalue weighted by molar-refractivity contribution is 6.05. The fraction of sp³-hybridized carbons (Fsp3) is 0.176. The molecule has 0 atom stereocenters. The SMILES string of the molecule is Cc1cccc(N(C)C(=O)c2ccc(-c3noc(C(F)(F)F)n3)cc2)n1. The number of carbonyl (C=O) groups excluding carboxylic acids is 1. The molecule has 0 N–H and O–H groups in total. The van der Waals surface area contributed by atoms with E-state index < -0.39 is 12.1 Å². The number of alkyl halides is 3. The average Bonchev–Trinajstić information content (AvgIpc) is 3.11. The molecular weight excluding hydrogens is 349 g/mol. The van der Waals surface area contributed by atoms with Gasteiger partial charge in [-0.15, -0.1) is 0 Å². The van der Waals surface area contributed by atoms with Crippen LogP contribution in [0.2, 0.25) is 0 Å². The summed E-state index contributed by atoms with van der Waals surface area (Å²) in [6.45, 7) is 1.82. The van der Waals surface area contributed by atoms with Gasteiger partial charge in [0.15, 0.2) is 0 Å². The van der Waals surface area contributed by atoms with Crippen LogP contribution in [0.4, 0.5) is 19.0 Å². The minimum Gasteiger partial charge on any atom is -0.329 e. The van der Waals surface area contributed by atoms with E-state index in [-0.39, 0.29) is 11.7 Å². The summed E-state index contributed by atoms with van der Waals surface area (Å²) in [4.78, 5) is 21.5. The molecule has 1 amide bonds. The van der Waals surface area contributed by atoms with Crippen molar-refractivity contribution in [1.82, 2.24) is 15.1 Å². The van der Waals surface area contributed by atoms with Crippen LogP contribution in [0, 0.1) is 6.92 Å². The van der Waals surface area contributed by atoms with Crippen LogP contribution in [0.3, 0.4) is 0 Å². The fourth-order valence-electron chi connectivity index (χ4n) is 2.23. The second kappa shape index (κ2) is 6.58. The molecule has 0 unspecified atom stereocenters. The number of hydrogen-bond donors (Lipinski definition) is 0. The number of aromatic nitrogens is 3. The molecule has 0 spiro atoms. The Kier molecular flexibility index (Phi) is 4.45. The quantitative estimate of drug-likeness (QED) is 0.710. The molecule has 26 heavy (non-hydrogen) atoms. The monoisotopic (exact) mass is 362 g/mol. The molecule has 0 saturated heterocycles. The molecule has 2 heterocycles. The Morgan fingerprint density at radius 1 is 1.08 bits per heavy atom. The van der Waals surface area contributed by atoms with Crippen molar-refractivity contribution in [1.29, 1.82) is 0 Å². The predicted octanol–water partition coefficient (Wildman–Crippen LogP) is 3.74. The van der Waals surface area contributed by atoms with Crippen LogP contribution >= 0.6 is 0 Å². The second-order valence-corrected chi connectivity index (χ2v) is 5.50. The number of benzene rings is 1. The summed E-state index contributed by atoms with van der Waals surface area (Å²) in [5.41, 5.74) is 1.42. The van der Waals surface area contributed by atoms with E-state index in [2.05, 4.69) is 19.6 Å². The maximum Gasteiger partial charge on any atom is 0.471 e. The Bertz CT molecular complexity index is 936. The topological polar surface area (TPSA) is 72.1 Å². The summed E-state index contributed by atoms with van der Waals surface area (Å²) >= 11 is 0. The standard InChI is InChI=1S/C17H13F3N4O2/c1-10-4-3-5-13(21-10)24(2)15(25)12-8-6-11(7-9-12)14-22-16(26-23-14)17(18,19)20/h3-9H,1-2H3. The number of halogens is 3. The van der Waals surface area contributed by atoms with Gasteiger partial charge in [-0.25, -0.2) is 4.98 Å². The fourth-order valence-corrected chi connectivity index (χ4v) is 2.23. The molecule has 3 aromatic rings. The smallest absolute Gasteiger partial charge is 0.329 e. The molecule has 0 fully saturated rings. The molecule has 0 aliphatic carbocycles. The van der Waals surface area contributed by atoms with Gasteiger partial charge in [-0.1, -0.05) is 23.4 Å². The van der Waals surface area contributed by atoms with E-state index >= 15 is 0 Å². The first-order valence-corrected chi connectivity index (χ1v) is 7.49. The van der Waals surface area contributed by atoms with Gasteiger partial charge in [-0.05, 0) is 31.2 Å². The van der Waals surface area contributed by atoms with E-state index in [9.17, 15) is 18.0 Å². The molecule has 9 heteroatoms. The zero-order valence-corrected chi connectivity index (χ0v) is 13.8. The minimum absolute atomic E-state index is 0.204. The Hall–Kier alpha value is -3.23. The van der Waals surface area contributed by atoms with Gasteiger partial charge in [0.05, 0.1) is 0 Å². The maximum absolute atomic E-state index is 12.5. The van der Waals surface area contributed by atoms with Gasteiger partial charge in [-0.3, -0.25) is 9.69 Å². The van der Waals surface area contributed by atoms with Crippen LogP contribution in [0.25, 0.3) is 11.4 Å². The maximum atomic E-state index is 12.5. The lowest BCUT2D eigenvalue weighted by molar-refractivity contribution is -0.159. The minimum atomic E-state index is -4.70. The van der Waals surface area contributed by atoms with Crippen molar-refractivity contribution >= 4 is 11.7 Å². The Balaban J connectivity index is 1.81. The van der Waals surface area contributed by atoms with Gasteiger partial charge >= 0.3 is 12.1 Å². The number of nitrogens with zero attached hydrogens (tertiary/aromatic N) is 4. The van der Waals surface area contributed by atoms with Crippen molar-refractivity contribution in [3.63, 3.8) is 0 Å². The number of carbonyl (C=O) groups is 1. The van der Waals surface area contributed by atoms with E-state index in [1.807, 2.05) is 13.0 Å². The van der Waals surface area contributed by atoms with E-state index in [0.717, 1.165) is 5.69 Å². The van der Waals surface area contributed by atoms with Crippen LogP contribution < -0.4 is 4.90 Å². The molecule has 6 nitrogen and oxygen atoms in total. The number of pyridine rings is 1. The lowest BCUT2D eigenvalue weighted by Gasteiger charge is -2.16. The highest BCUT2D eigenvalue weighted by atomic mass is 19.4. The molecule has 0 radical (unpaired) electrons. The summed E-state index contributed by atoms with van der Waals surface area (Å²) in [6.07, 6.45) is -4.70. The zero-order valence-electron chi connectivity index (χ0n) is 13.8. The van der Waals surface area contributed by atoms with Gasteiger partial charge in [0.2, 0.25) is 5.82 Å². The first-order valence-electron chi connectivity index (χ1n) is 7.49. The third-order valence-electron chi connectivity index (χ3n) is 3.58. The molecule has 0 bridgehead atoms. The van der Waals surface area contributed by atoms with E-state index in [0.29, 0.717) is 16.9 Å². The molecule has 3 rings (SSSR count). The van der Waals surface area contributed by atoms with Gasteiger partial charge in [0.25, 0.3) is 5.91 Å². The molecule has 0 saturated carbocycles. The van der Waals surface area contributed by atoms with Crippen molar-refractivity contribution in [3.05, 3.63) is 59.6 Å². The van der Waals surface area contributed by atoms with Gasteiger partial charge < -0.3 is 4.52 Å².